The zero-order chi connectivity index (χ0) is 44.7. The molecule has 1 aliphatic heterocycles. The van der Waals surface area contributed by atoms with Crippen molar-refractivity contribution in [1.29, 1.82) is 0 Å². The molecule has 0 spiro atoms. The van der Waals surface area contributed by atoms with Crippen LogP contribution in [0.25, 0.3) is 0 Å². The highest BCUT2D eigenvalue weighted by Crippen LogP contribution is 2.40. The molecule has 0 amide bonds. The van der Waals surface area contributed by atoms with Crippen molar-refractivity contribution in [3.63, 3.8) is 0 Å². The lowest BCUT2D eigenvalue weighted by Crippen LogP contribution is -2.65. The second-order valence-corrected chi connectivity index (χ2v) is 15.3. The highest BCUT2D eigenvalue weighted by molar-refractivity contribution is 7.02. The molecule has 1 fully saturated rings. The van der Waals surface area contributed by atoms with Gasteiger partial charge >= 0.3 is 0 Å². The Labute approximate surface area is 321 Å². The van der Waals surface area contributed by atoms with Gasteiger partial charge in [0, 0.05) is 11.1 Å². The van der Waals surface area contributed by atoms with E-state index in [4.69, 9.17) is 0 Å². The third-order valence-electron chi connectivity index (χ3n) is 11.2. The van der Waals surface area contributed by atoms with Crippen molar-refractivity contribution < 1.29 is 87.8 Å². The van der Waals surface area contributed by atoms with Gasteiger partial charge in [0.25, 0.3) is 0 Å². The fraction of sp³-hybridized carbons (Fsp3) is 0.333. The number of nitrogens with zero attached hydrogens (tertiary/aromatic N) is 1. The number of hydrogen-bond donors (Lipinski definition) is 0. The van der Waals surface area contributed by atoms with Crippen molar-refractivity contribution >= 4 is 35.3 Å². The van der Waals surface area contributed by atoms with Crippen LogP contribution in [-0.4, -0.2) is 35.9 Å². The molecule has 5 rings (SSSR count). The Balaban J connectivity index is 2.11. The molecule has 4 aromatic rings. The van der Waals surface area contributed by atoms with Gasteiger partial charge in [-0.25, -0.2) is 87.8 Å². The first-order chi connectivity index (χ1) is 27.1. The third kappa shape index (κ3) is 7.21. The lowest BCUT2D eigenvalue weighted by atomic mass is 9.14. The van der Waals surface area contributed by atoms with Crippen molar-refractivity contribution in [2.45, 2.75) is 70.2 Å². The summed E-state index contributed by atoms with van der Waals surface area (Å²) in [5.74, 6) is -61.9. The first-order valence-corrected chi connectivity index (χ1v) is 17.2. The van der Waals surface area contributed by atoms with Crippen molar-refractivity contribution in [1.82, 2.24) is 4.90 Å². The molecule has 1 heterocycles. The second kappa shape index (κ2) is 15.9. The minimum Gasteiger partial charge on any atom is -0.293 e. The molecular weight excluding hydrogens is 848 g/mol. The summed E-state index contributed by atoms with van der Waals surface area (Å²) >= 11 is 0. The van der Waals surface area contributed by atoms with E-state index in [0.29, 0.717) is 6.42 Å². The molecule has 1 atom stereocenters. The predicted octanol–water partition coefficient (Wildman–Crippen LogP) is 8.46. The fourth-order valence-electron chi connectivity index (χ4n) is 8.63. The summed E-state index contributed by atoms with van der Waals surface area (Å²) in [5.41, 5.74) is -16.2. The van der Waals surface area contributed by atoms with E-state index in [1.54, 1.807) is 0 Å². The predicted molar refractivity (Wildman–Crippen MR) is 173 cm³/mol. The van der Waals surface area contributed by atoms with E-state index in [9.17, 15) is 17.6 Å². The van der Waals surface area contributed by atoms with E-state index >= 15 is 70.2 Å². The van der Waals surface area contributed by atoms with Crippen LogP contribution in [0.5, 0.6) is 0 Å². The molecular formula is C36H24B2F20N-. The SMILES string of the molecule is CC1(C)CCCC(C)(C)N1CC[C@@H](B(c1c(F)c(F)c(F)c(F)c1F)c1c(F)c(F)c(F)c(F)c1F)[BH-](c1c(F)c(F)c(F)c(F)c1F)c1c(F)c(F)c(F)c(F)c1F. The van der Waals surface area contributed by atoms with E-state index < -0.39 is 181 Å². The van der Waals surface area contributed by atoms with Gasteiger partial charge in [0.15, 0.2) is 99.8 Å². The maximum atomic E-state index is 16.0. The molecule has 0 bridgehead atoms. The summed E-state index contributed by atoms with van der Waals surface area (Å²) in [6.07, 6.45) is -0.688. The van der Waals surface area contributed by atoms with Gasteiger partial charge in [-0.15, -0.1) is 10.9 Å². The molecule has 320 valence electrons. The Hall–Kier alpha value is -4.43. The van der Waals surface area contributed by atoms with Crippen LogP contribution in [0.1, 0.15) is 53.4 Å². The summed E-state index contributed by atoms with van der Waals surface area (Å²) in [6, 6.07) is 0. The molecule has 0 N–H and O–H groups in total. The maximum Gasteiger partial charge on any atom is 0.200 e. The molecule has 1 aliphatic rings. The maximum absolute atomic E-state index is 16.0. The van der Waals surface area contributed by atoms with Gasteiger partial charge < -0.3 is 0 Å². The van der Waals surface area contributed by atoms with Crippen molar-refractivity contribution in [2.24, 2.45) is 0 Å². The second-order valence-electron chi connectivity index (χ2n) is 15.3. The molecule has 59 heavy (non-hydrogen) atoms. The van der Waals surface area contributed by atoms with Crippen LogP contribution in [-0.2, 0) is 0 Å². The molecule has 0 aliphatic carbocycles. The first-order valence-electron chi connectivity index (χ1n) is 17.2. The summed E-state index contributed by atoms with van der Waals surface area (Å²) in [7, 11) is 0. The summed E-state index contributed by atoms with van der Waals surface area (Å²) < 4.78 is 305. The van der Waals surface area contributed by atoms with Gasteiger partial charge in [0.1, 0.15) is 23.3 Å². The van der Waals surface area contributed by atoms with Gasteiger partial charge in [-0.05, 0) is 64.4 Å². The molecule has 4 aromatic carbocycles. The van der Waals surface area contributed by atoms with Crippen molar-refractivity contribution in [3.8, 4) is 0 Å². The fourth-order valence-corrected chi connectivity index (χ4v) is 8.63. The monoisotopic (exact) mass is 872 g/mol. The standard InChI is InChI=1S/C36H24B2F20N/c1-35(2)7-5-8-36(3,4)59(35)9-6-10(37(11-15(39)23(47)31(55)24(48)16(11)40)12-17(41)25(49)32(56)26(50)18(12)42)38(13-19(43)27(51)33(57)28(52)20(13)44)14-21(45)29(53)34(58)30(54)22(14)46/h10,37H,5-9H2,1-4H3/q-1/t10-/m1/s1. The minimum absolute atomic E-state index is 0.214. The van der Waals surface area contributed by atoms with Crippen LogP contribution in [0.15, 0.2) is 0 Å². The molecule has 0 aromatic heterocycles. The molecule has 23 heteroatoms. The van der Waals surface area contributed by atoms with Gasteiger partial charge in [-0.2, -0.15) is 5.72 Å². The Morgan fingerprint density at radius 2 is 0.644 bits per heavy atom. The third-order valence-corrected chi connectivity index (χ3v) is 11.2. The van der Waals surface area contributed by atoms with Gasteiger partial charge in [0.2, 0.25) is 0 Å². The number of hydrogen-bond acceptors (Lipinski definition) is 1. The summed E-state index contributed by atoms with van der Waals surface area (Å²) in [5, 5.41) is 0. The Kier molecular flexibility index (Phi) is 12.3. The van der Waals surface area contributed by atoms with Gasteiger partial charge in [0.05, 0.1) is 6.71 Å². The van der Waals surface area contributed by atoms with Crippen LogP contribution in [0.2, 0.25) is 5.72 Å². The van der Waals surface area contributed by atoms with E-state index in [-0.39, 0.29) is 12.8 Å². The number of rotatable bonds is 9. The lowest BCUT2D eigenvalue weighted by molar-refractivity contribution is -0.0267. The van der Waals surface area contributed by atoms with Crippen LogP contribution in [0.4, 0.5) is 87.8 Å². The van der Waals surface area contributed by atoms with Crippen LogP contribution < -0.4 is 21.9 Å². The summed E-state index contributed by atoms with van der Waals surface area (Å²) in [6.45, 7) is -4.21. The molecule has 0 saturated carbocycles. The van der Waals surface area contributed by atoms with Gasteiger partial charge in [-0.1, -0.05) is 6.42 Å². The highest BCUT2D eigenvalue weighted by atomic mass is 19.2. The number of halogens is 20. The van der Waals surface area contributed by atoms with Crippen LogP contribution in [0.3, 0.4) is 0 Å². The average molecular weight is 872 g/mol. The highest BCUT2D eigenvalue weighted by Gasteiger charge is 2.48. The first kappa shape index (κ1) is 45.7. The van der Waals surface area contributed by atoms with Crippen molar-refractivity contribution in [2.75, 3.05) is 6.54 Å². The van der Waals surface area contributed by atoms with E-state index in [1.165, 1.54) is 32.6 Å². The van der Waals surface area contributed by atoms with Gasteiger partial charge in [-0.3, -0.25) is 4.90 Å². The smallest absolute Gasteiger partial charge is 0.200 e. The van der Waals surface area contributed by atoms with E-state index in [0.717, 1.165) is 0 Å². The quantitative estimate of drug-likeness (QED) is 0.0707. The number of benzene rings is 4. The average Bonchev–Trinajstić information content (AvgIpc) is 3.17. The molecule has 0 radical (unpaired) electrons. The largest absolute Gasteiger partial charge is 0.293 e. The Morgan fingerprint density at radius 3 is 0.915 bits per heavy atom. The topological polar surface area (TPSA) is 3.24 Å². The number of likely N-dealkylation sites (tertiary alicyclic amines) is 1. The van der Waals surface area contributed by atoms with Crippen LogP contribution >= 0.6 is 0 Å². The zero-order valence-electron chi connectivity index (χ0n) is 30.4. The molecule has 0 unspecified atom stereocenters. The Bertz CT molecular complexity index is 1970. The summed E-state index contributed by atoms with van der Waals surface area (Å²) in [4.78, 5) is 1.37. The minimum atomic E-state index is -5.34. The number of piperidine rings is 1. The molecule has 1 nitrogen and oxygen atoms in total. The molecule has 1 saturated heterocycles. The van der Waals surface area contributed by atoms with E-state index in [1.807, 2.05) is 0 Å². The van der Waals surface area contributed by atoms with Crippen LogP contribution in [0, 0.1) is 116 Å². The lowest BCUT2D eigenvalue weighted by Gasteiger charge is -2.54. The van der Waals surface area contributed by atoms with Crippen molar-refractivity contribution in [3.05, 3.63) is 116 Å². The zero-order valence-corrected chi connectivity index (χ0v) is 30.4. The Morgan fingerprint density at radius 1 is 0.407 bits per heavy atom. The van der Waals surface area contributed by atoms with E-state index in [2.05, 4.69) is 0 Å². The normalized spacial score (nSPS) is 16.0.